The molecular formula is C18H15Cl3N4O. The molecule has 8 heteroatoms. The minimum atomic E-state index is -0.401. The summed E-state index contributed by atoms with van der Waals surface area (Å²) in [6.07, 6.45) is 0. The van der Waals surface area contributed by atoms with Crippen molar-refractivity contribution >= 4 is 52.3 Å². The van der Waals surface area contributed by atoms with Crippen LogP contribution < -0.4 is 10.6 Å². The van der Waals surface area contributed by atoms with Crippen LogP contribution in [0.5, 0.6) is 0 Å². The van der Waals surface area contributed by atoms with Crippen LogP contribution in [-0.4, -0.2) is 15.8 Å². The van der Waals surface area contributed by atoms with Crippen molar-refractivity contribution in [2.45, 2.75) is 13.5 Å². The summed E-state index contributed by atoms with van der Waals surface area (Å²) in [4.78, 5) is 12.1. The fourth-order valence-electron chi connectivity index (χ4n) is 2.39. The first-order chi connectivity index (χ1) is 12.4. The molecule has 0 saturated heterocycles. The number of benzene rings is 2. The third-order valence-electron chi connectivity index (χ3n) is 3.64. The maximum absolute atomic E-state index is 12.1. The molecule has 0 bridgehead atoms. The lowest BCUT2D eigenvalue weighted by atomic mass is 10.2. The predicted octanol–water partition coefficient (Wildman–Crippen LogP) is 5.84. The molecule has 0 radical (unpaired) electrons. The van der Waals surface area contributed by atoms with Gasteiger partial charge in [-0.3, -0.25) is 10.00 Å². The Bertz CT molecular complexity index is 955. The van der Waals surface area contributed by atoms with Crippen molar-refractivity contribution in [1.29, 1.82) is 0 Å². The number of carbonyl (C=O) groups is 1. The summed E-state index contributed by atoms with van der Waals surface area (Å²) in [5, 5.41) is 11.5. The van der Waals surface area contributed by atoms with Gasteiger partial charge in [0.1, 0.15) is 0 Å². The quantitative estimate of drug-likeness (QED) is 0.568. The Kier molecular flexibility index (Phi) is 5.71. The van der Waals surface area contributed by atoms with E-state index in [9.17, 15) is 4.79 Å². The monoisotopic (exact) mass is 408 g/mol. The number of anilines is 2. The van der Waals surface area contributed by atoms with Crippen LogP contribution in [0.25, 0.3) is 0 Å². The second-order valence-electron chi connectivity index (χ2n) is 5.65. The third kappa shape index (κ3) is 4.69. The van der Waals surface area contributed by atoms with Crippen LogP contribution >= 0.6 is 34.8 Å². The van der Waals surface area contributed by atoms with Crippen LogP contribution in [0.1, 0.15) is 11.3 Å². The molecule has 0 fully saturated rings. The molecule has 0 unspecified atom stereocenters. The Balaban J connectivity index is 1.68. The number of nitrogens with one attached hydrogen (secondary N) is 2. The Morgan fingerprint density at radius 1 is 1.04 bits per heavy atom. The minimum Gasteiger partial charge on any atom is -0.308 e. The number of hydrogen-bond acceptors (Lipinski definition) is 2. The number of rotatable bonds is 4. The lowest BCUT2D eigenvalue weighted by Gasteiger charge is -2.07. The summed E-state index contributed by atoms with van der Waals surface area (Å²) in [5.41, 5.74) is 2.37. The molecule has 3 aromatic rings. The summed E-state index contributed by atoms with van der Waals surface area (Å²) in [6.45, 7) is 2.37. The van der Waals surface area contributed by atoms with Gasteiger partial charge in [-0.15, -0.1) is 0 Å². The van der Waals surface area contributed by atoms with Crippen molar-refractivity contribution < 1.29 is 4.79 Å². The molecule has 2 amide bonds. The molecule has 3 rings (SSSR count). The van der Waals surface area contributed by atoms with Gasteiger partial charge < -0.3 is 5.32 Å². The van der Waals surface area contributed by atoms with Gasteiger partial charge in [-0.1, -0.05) is 46.9 Å². The zero-order valence-electron chi connectivity index (χ0n) is 13.8. The Hall–Kier alpha value is -2.21. The molecule has 0 aliphatic rings. The van der Waals surface area contributed by atoms with Gasteiger partial charge in [0, 0.05) is 32.5 Å². The average molecular weight is 410 g/mol. The first-order valence-electron chi connectivity index (χ1n) is 7.72. The topological polar surface area (TPSA) is 59.0 Å². The van der Waals surface area contributed by atoms with Gasteiger partial charge in [0.15, 0.2) is 5.82 Å². The smallest absolute Gasteiger partial charge is 0.308 e. The molecule has 26 heavy (non-hydrogen) atoms. The van der Waals surface area contributed by atoms with Crippen LogP contribution in [0, 0.1) is 6.92 Å². The number of aryl methyl sites for hydroxylation is 1. The number of urea groups is 1. The number of halogens is 3. The summed E-state index contributed by atoms with van der Waals surface area (Å²) < 4.78 is 1.75. The van der Waals surface area contributed by atoms with E-state index < -0.39 is 6.03 Å². The van der Waals surface area contributed by atoms with Crippen molar-refractivity contribution in [3.05, 3.63) is 74.9 Å². The fourth-order valence-corrected chi connectivity index (χ4v) is 3.05. The van der Waals surface area contributed by atoms with Gasteiger partial charge in [-0.25, -0.2) is 4.79 Å². The molecule has 0 aliphatic heterocycles. The van der Waals surface area contributed by atoms with E-state index in [0.717, 1.165) is 11.3 Å². The highest BCUT2D eigenvalue weighted by atomic mass is 35.5. The van der Waals surface area contributed by atoms with Crippen LogP contribution in [0.3, 0.4) is 0 Å². The Morgan fingerprint density at radius 2 is 1.81 bits per heavy atom. The van der Waals surface area contributed by atoms with Crippen molar-refractivity contribution in [1.82, 2.24) is 9.78 Å². The highest BCUT2D eigenvalue weighted by molar-refractivity contribution is 6.35. The van der Waals surface area contributed by atoms with Gasteiger partial charge in [0.25, 0.3) is 0 Å². The van der Waals surface area contributed by atoms with E-state index in [-0.39, 0.29) is 0 Å². The average Bonchev–Trinajstić information content (AvgIpc) is 2.89. The van der Waals surface area contributed by atoms with E-state index in [2.05, 4.69) is 15.7 Å². The highest BCUT2D eigenvalue weighted by Crippen LogP contribution is 2.22. The number of amides is 2. The number of hydrogen-bond donors (Lipinski definition) is 2. The molecule has 1 heterocycles. The fraction of sp³-hybridized carbons (Fsp3) is 0.111. The van der Waals surface area contributed by atoms with E-state index in [1.54, 1.807) is 47.1 Å². The number of aromatic nitrogens is 2. The van der Waals surface area contributed by atoms with Gasteiger partial charge >= 0.3 is 6.03 Å². The molecule has 5 nitrogen and oxygen atoms in total. The molecular weight excluding hydrogens is 395 g/mol. The van der Waals surface area contributed by atoms with Crippen LogP contribution in [0.15, 0.2) is 48.5 Å². The first-order valence-corrected chi connectivity index (χ1v) is 8.86. The van der Waals surface area contributed by atoms with Crippen molar-refractivity contribution in [2.24, 2.45) is 0 Å². The SMILES string of the molecule is Cc1cc(NC(=O)Nc2cccc(Cl)c2)nn1Cc1ccc(Cl)cc1Cl. The Labute approximate surface area is 165 Å². The zero-order chi connectivity index (χ0) is 18.7. The maximum atomic E-state index is 12.1. The molecule has 134 valence electrons. The zero-order valence-corrected chi connectivity index (χ0v) is 16.0. The summed E-state index contributed by atoms with van der Waals surface area (Å²) >= 11 is 18.0. The summed E-state index contributed by atoms with van der Waals surface area (Å²) in [6, 6.07) is 13.6. The van der Waals surface area contributed by atoms with Crippen LogP contribution in [0.4, 0.5) is 16.3 Å². The standard InChI is InChI=1S/C18H15Cl3N4O/c1-11-7-17(23-18(26)22-15-4-2-3-13(19)8-15)24-25(11)10-12-5-6-14(20)9-16(12)21/h2-9H,10H2,1H3,(H2,22,23,24,26). The Morgan fingerprint density at radius 3 is 2.54 bits per heavy atom. The largest absolute Gasteiger partial charge is 0.324 e. The molecule has 0 aliphatic carbocycles. The predicted molar refractivity (Wildman–Crippen MR) is 107 cm³/mol. The number of carbonyl (C=O) groups excluding carboxylic acids is 1. The molecule has 2 N–H and O–H groups in total. The lowest BCUT2D eigenvalue weighted by molar-refractivity contribution is 0.262. The minimum absolute atomic E-state index is 0.401. The van der Waals surface area contributed by atoms with Crippen LogP contribution in [0.2, 0.25) is 15.1 Å². The third-order valence-corrected chi connectivity index (χ3v) is 4.46. The highest BCUT2D eigenvalue weighted by Gasteiger charge is 2.10. The van der Waals surface area contributed by atoms with Crippen molar-refractivity contribution in [2.75, 3.05) is 10.6 Å². The molecule has 0 atom stereocenters. The van der Waals surface area contributed by atoms with Crippen molar-refractivity contribution in [3.8, 4) is 0 Å². The van der Waals surface area contributed by atoms with E-state index in [4.69, 9.17) is 34.8 Å². The normalized spacial score (nSPS) is 10.6. The first kappa shape index (κ1) is 18.6. The molecule has 0 spiro atoms. The molecule has 1 aromatic heterocycles. The van der Waals surface area contributed by atoms with Crippen molar-refractivity contribution in [3.63, 3.8) is 0 Å². The van der Waals surface area contributed by atoms with E-state index in [1.807, 2.05) is 13.0 Å². The second kappa shape index (κ2) is 7.99. The van der Waals surface area contributed by atoms with Gasteiger partial charge in [0.2, 0.25) is 0 Å². The lowest BCUT2D eigenvalue weighted by Crippen LogP contribution is -2.19. The molecule has 0 saturated carbocycles. The second-order valence-corrected chi connectivity index (χ2v) is 6.93. The van der Waals surface area contributed by atoms with Gasteiger partial charge in [0.05, 0.1) is 6.54 Å². The van der Waals surface area contributed by atoms with E-state index >= 15 is 0 Å². The van der Waals surface area contributed by atoms with Gasteiger partial charge in [-0.05, 0) is 42.8 Å². The van der Waals surface area contributed by atoms with Gasteiger partial charge in [-0.2, -0.15) is 5.10 Å². The van der Waals surface area contributed by atoms with E-state index in [1.165, 1.54) is 0 Å². The summed E-state index contributed by atoms with van der Waals surface area (Å²) in [5.74, 6) is 0.437. The van der Waals surface area contributed by atoms with Crippen LogP contribution in [-0.2, 0) is 6.54 Å². The van der Waals surface area contributed by atoms with E-state index in [0.29, 0.717) is 33.1 Å². The maximum Gasteiger partial charge on any atom is 0.324 e. The molecule has 2 aromatic carbocycles. The summed E-state index contributed by atoms with van der Waals surface area (Å²) in [7, 11) is 0. The number of nitrogens with zero attached hydrogens (tertiary/aromatic N) is 2.